The van der Waals surface area contributed by atoms with Crippen molar-refractivity contribution in [2.75, 3.05) is 12.8 Å². The molecule has 0 saturated carbocycles. The van der Waals surface area contributed by atoms with Crippen molar-refractivity contribution in [1.29, 1.82) is 5.26 Å². The Morgan fingerprint density at radius 2 is 2.21 bits per heavy atom. The molecule has 0 amide bonds. The Hall–Kier alpha value is -1.84. The molecule has 1 atom stereocenters. The molecule has 5 nitrogen and oxygen atoms in total. The van der Waals surface area contributed by atoms with Crippen LogP contribution in [-0.2, 0) is 5.54 Å². The Balaban J connectivity index is 2.06. The van der Waals surface area contributed by atoms with Gasteiger partial charge in [-0.05, 0) is 19.0 Å². The summed E-state index contributed by atoms with van der Waals surface area (Å²) in [7, 11) is 1.81. The first-order chi connectivity index (χ1) is 9.30. The highest BCUT2D eigenvalue weighted by Gasteiger charge is 2.29. The molecule has 1 aromatic carbocycles. The second kappa shape index (κ2) is 6.36. The summed E-state index contributed by atoms with van der Waals surface area (Å²) < 4.78 is 0. The molecule has 98 valence electrons. The van der Waals surface area contributed by atoms with Gasteiger partial charge in [-0.25, -0.2) is 4.98 Å². The zero-order valence-electron chi connectivity index (χ0n) is 10.6. The lowest BCUT2D eigenvalue weighted by atomic mass is 9.89. The number of nitrogens with one attached hydrogen (secondary N) is 2. The van der Waals surface area contributed by atoms with Gasteiger partial charge in [-0.1, -0.05) is 42.1 Å². The predicted molar refractivity (Wildman–Crippen MR) is 74.5 cm³/mol. The molecule has 0 aliphatic heterocycles. The first kappa shape index (κ1) is 13.6. The van der Waals surface area contributed by atoms with Crippen molar-refractivity contribution in [3.05, 3.63) is 42.2 Å². The smallest absolute Gasteiger partial charge is 0.183 e. The summed E-state index contributed by atoms with van der Waals surface area (Å²) in [6, 6.07) is 12.2. The zero-order chi connectivity index (χ0) is 13.6. The van der Waals surface area contributed by atoms with Crippen molar-refractivity contribution in [2.45, 2.75) is 17.1 Å². The largest absolute Gasteiger partial charge is 0.299 e. The number of benzene rings is 1. The average Bonchev–Trinajstić information content (AvgIpc) is 2.98. The summed E-state index contributed by atoms with van der Waals surface area (Å²) in [5, 5.41) is 20.0. The van der Waals surface area contributed by atoms with E-state index in [9.17, 15) is 5.26 Å². The van der Waals surface area contributed by atoms with Crippen LogP contribution in [0.15, 0.2) is 41.8 Å². The lowest BCUT2D eigenvalue weighted by molar-refractivity contribution is 0.456. The van der Waals surface area contributed by atoms with Crippen LogP contribution in [0, 0.1) is 11.3 Å². The van der Waals surface area contributed by atoms with Crippen LogP contribution in [0.1, 0.15) is 12.0 Å². The summed E-state index contributed by atoms with van der Waals surface area (Å²) in [6.07, 6.45) is 2.17. The van der Waals surface area contributed by atoms with Crippen LogP contribution in [0.25, 0.3) is 0 Å². The fraction of sp³-hybridized carbons (Fsp3) is 0.308. The van der Waals surface area contributed by atoms with Gasteiger partial charge in [0.05, 0.1) is 6.07 Å². The number of hydrogen-bond acceptors (Lipinski definition) is 5. The van der Waals surface area contributed by atoms with E-state index in [-0.39, 0.29) is 0 Å². The molecule has 2 aromatic rings. The fourth-order valence-electron chi connectivity index (χ4n) is 1.88. The molecule has 0 aliphatic rings. The molecule has 1 unspecified atom stereocenters. The Labute approximate surface area is 116 Å². The summed E-state index contributed by atoms with van der Waals surface area (Å²) in [5.74, 6) is 0.776. The maximum Gasteiger partial charge on any atom is 0.183 e. The van der Waals surface area contributed by atoms with E-state index in [2.05, 4.69) is 26.6 Å². The minimum atomic E-state index is -0.658. The third kappa shape index (κ3) is 3.13. The second-order valence-corrected chi connectivity index (χ2v) is 5.11. The fourth-order valence-corrected chi connectivity index (χ4v) is 2.72. The highest BCUT2D eigenvalue weighted by atomic mass is 32.2. The lowest BCUT2D eigenvalue weighted by Crippen LogP contribution is -2.39. The topological polar surface area (TPSA) is 77.4 Å². The van der Waals surface area contributed by atoms with Crippen LogP contribution in [0.2, 0.25) is 0 Å². The molecule has 6 heteroatoms. The molecule has 0 saturated heterocycles. The van der Waals surface area contributed by atoms with Gasteiger partial charge in [0, 0.05) is 5.75 Å². The minimum Gasteiger partial charge on any atom is -0.299 e. The predicted octanol–water partition coefficient (Wildman–Crippen LogP) is 1.93. The number of aromatic amines is 1. The second-order valence-electron chi connectivity index (χ2n) is 4.02. The van der Waals surface area contributed by atoms with Crippen LogP contribution in [0.5, 0.6) is 0 Å². The normalized spacial score (nSPS) is 13.7. The van der Waals surface area contributed by atoms with Gasteiger partial charge in [0.15, 0.2) is 5.16 Å². The molecular formula is C13H15N5S. The first-order valence-electron chi connectivity index (χ1n) is 5.94. The summed E-state index contributed by atoms with van der Waals surface area (Å²) in [5.41, 5.74) is 0.326. The maximum absolute atomic E-state index is 9.53. The Morgan fingerprint density at radius 3 is 2.79 bits per heavy atom. The van der Waals surface area contributed by atoms with E-state index in [0.29, 0.717) is 6.42 Å². The quantitative estimate of drug-likeness (QED) is 0.786. The third-order valence-corrected chi connectivity index (χ3v) is 3.87. The molecular weight excluding hydrogens is 258 g/mol. The SMILES string of the molecule is CNC(C#N)(CCSc1ncn[nH]1)c1ccccc1. The number of thioether (sulfide) groups is 1. The van der Waals surface area contributed by atoms with Gasteiger partial charge in [-0.15, -0.1) is 0 Å². The lowest BCUT2D eigenvalue weighted by Gasteiger charge is -2.26. The van der Waals surface area contributed by atoms with E-state index in [4.69, 9.17) is 0 Å². The maximum atomic E-state index is 9.53. The van der Waals surface area contributed by atoms with Gasteiger partial charge < -0.3 is 0 Å². The van der Waals surface area contributed by atoms with Crippen LogP contribution in [0.3, 0.4) is 0 Å². The van der Waals surface area contributed by atoms with Crippen molar-refractivity contribution in [1.82, 2.24) is 20.5 Å². The molecule has 0 bridgehead atoms. The van der Waals surface area contributed by atoms with Crippen molar-refractivity contribution < 1.29 is 0 Å². The average molecular weight is 273 g/mol. The molecule has 0 spiro atoms. The zero-order valence-corrected chi connectivity index (χ0v) is 11.4. The van der Waals surface area contributed by atoms with Gasteiger partial charge in [-0.2, -0.15) is 10.4 Å². The van der Waals surface area contributed by atoms with Crippen LogP contribution < -0.4 is 5.32 Å². The van der Waals surface area contributed by atoms with E-state index in [1.807, 2.05) is 37.4 Å². The highest BCUT2D eigenvalue weighted by molar-refractivity contribution is 7.99. The Morgan fingerprint density at radius 1 is 1.42 bits per heavy atom. The third-order valence-electron chi connectivity index (χ3n) is 2.99. The van der Waals surface area contributed by atoms with Crippen molar-refractivity contribution in [3.8, 4) is 6.07 Å². The Bertz CT molecular complexity index is 534. The van der Waals surface area contributed by atoms with E-state index in [0.717, 1.165) is 16.5 Å². The monoisotopic (exact) mass is 273 g/mol. The molecule has 0 aliphatic carbocycles. The Kier molecular flexibility index (Phi) is 4.55. The van der Waals surface area contributed by atoms with Crippen LogP contribution >= 0.6 is 11.8 Å². The molecule has 0 radical (unpaired) electrons. The van der Waals surface area contributed by atoms with Gasteiger partial charge in [-0.3, -0.25) is 10.4 Å². The van der Waals surface area contributed by atoms with Crippen molar-refractivity contribution >= 4 is 11.8 Å². The van der Waals surface area contributed by atoms with Gasteiger partial charge in [0.2, 0.25) is 0 Å². The van der Waals surface area contributed by atoms with E-state index >= 15 is 0 Å². The molecule has 2 N–H and O–H groups in total. The van der Waals surface area contributed by atoms with E-state index in [1.165, 1.54) is 6.33 Å². The number of H-pyrrole nitrogens is 1. The van der Waals surface area contributed by atoms with Gasteiger partial charge in [0.25, 0.3) is 0 Å². The van der Waals surface area contributed by atoms with Crippen LogP contribution in [0.4, 0.5) is 0 Å². The van der Waals surface area contributed by atoms with Gasteiger partial charge >= 0.3 is 0 Å². The number of aromatic nitrogens is 3. The number of nitriles is 1. The molecule has 0 fully saturated rings. The molecule has 1 aromatic heterocycles. The highest BCUT2D eigenvalue weighted by Crippen LogP contribution is 2.27. The van der Waals surface area contributed by atoms with E-state index in [1.54, 1.807) is 11.8 Å². The molecule has 2 rings (SSSR count). The molecule has 1 heterocycles. The van der Waals surface area contributed by atoms with Gasteiger partial charge in [0.1, 0.15) is 11.9 Å². The summed E-state index contributed by atoms with van der Waals surface area (Å²) >= 11 is 1.56. The van der Waals surface area contributed by atoms with Crippen molar-refractivity contribution in [2.24, 2.45) is 0 Å². The summed E-state index contributed by atoms with van der Waals surface area (Å²) in [6.45, 7) is 0. The first-order valence-corrected chi connectivity index (χ1v) is 6.93. The number of rotatable bonds is 6. The van der Waals surface area contributed by atoms with Crippen LogP contribution in [-0.4, -0.2) is 28.0 Å². The standard InChI is InChI=1S/C13H15N5S/c1-15-13(9-14,11-5-3-2-4-6-11)7-8-19-12-16-10-17-18-12/h2-6,10,15H,7-8H2,1H3,(H,16,17,18). The minimum absolute atomic E-state index is 0.658. The van der Waals surface area contributed by atoms with E-state index < -0.39 is 5.54 Å². The van der Waals surface area contributed by atoms with Crippen molar-refractivity contribution in [3.63, 3.8) is 0 Å². The number of hydrogen-bond donors (Lipinski definition) is 2. The summed E-state index contributed by atoms with van der Waals surface area (Å²) in [4.78, 5) is 4.05. The number of nitrogens with zero attached hydrogens (tertiary/aromatic N) is 3. The molecule has 19 heavy (non-hydrogen) atoms.